The summed E-state index contributed by atoms with van der Waals surface area (Å²) in [5.41, 5.74) is 0.107. The molecule has 1 amide bonds. The molecule has 1 heterocycles. The van der Waals surface area contributed by atoms with Crippen molar-refractivity contribution in [1.29, 1.82) is 0 Å². The first-order valence-corrected chi connectivity index (χ1v) is 6.42. The number of aryl methyl sites for hydroxylation is 1. The Kier molecular flexibility index (Phi) is 3.78. The first-order chi connectivity index (χ1) is 8.60. The summed E-state index contributed by atoms with van der Waals surface area (Å²) in [4.78, 5) is 11.9. The van der Waals surface area contributed by atoms with Gasteiger partial charge in [0.1, 0.15) is 10.8 Å². The maximum atomic E-state index is 11.9. The zero-order chi connectivity index (χ0) is 13.1. The summed E-state index contributed by atoms with van der Waals surface area (Å²) in [6, 6.07) is 4.27. The van der Waals surface area contributed by atoms with E-state index in [1.807, 2.05) is 6.92 Å². The van der Waals surface area contributed by atoms with Gasteiger partial charge >= 0.3 is 0 Å². The minimum Gasteiger partial charge on any atom is -0.507 e. The van der Waals surface area contributed by atoms with E-state index in [1.54, 1.807) is 0 Å². The molecule has 0 saturated heterocycles. The van der Waals surface area contributed by atoms with Crippen molar-refractivity contribution >= 4 is 34.0 Å². The molecule has 1 aromatic carbocycles. The molecule has 0 atom stereocenters. The molecule has 0 fully saturated rings. The summed E-state index contributed by atoms with van der Waals surface area (Å²) in [5.74, 6) is -0.592. The van der Waals surface area contributed by atoms with Crippen molar-refractivity contribution in [1.82, 2.24) is 10.2 Å². The predicted molar refractivity (Wildman–Crippen MR) is 70.4 cm³/mol. The van der Waals surface area contributed by atoms with Crippen molar-refractivity contribution in [2.75, 3.05) is 5.32 Å². The number of phenolic OH excluding ortho intramolecular Hbond substituents is 1. The number of amides is 1. The third-order valence-electron chi connectivity index (χ3n) is 2.19. The Hall–Kier alpha value is -1.66. The normalized spacial score (nSPS) is 10.3. The number of aromatic nitrogens is 2. The topological polar surface area (TPSA) is 75.1 Å². The van der Waals surface area contributed by atoms with Gasteiger partial charge in [0.05, 0.1) is 5.56 Å². The molecule has 0 radical (unpaired) electrons. The smallest absolute Gasteiger partial charge is 0.261 e. The number of aromatic hydroxyl groups is 1. The highest BCUT2D eigenvalue weighted by Gasteiger charge is 2.14. The van der Waals surface area contributed by atoms with Gasteiger partial charge < -0.3 is 5.11 Å². The van der Waals surface area contributed by atoms with Crippen LogP contribution in [0, 0.1) is 0 Å². The predicted octanol–water partition coefficient (Wildman–Crippen LogP) is 2.71. The number of benzene rings is 1. The van der Waals surface area contributed by atoms with Crippen molar-refractivity contribution in [2.24, 2.45) is 0 Å². The molecule has 0 unspecified atom stereocenters. The van der Waals surface area contributed by atoms with Gasteiger partial charge in [0.2, 0.25) is 5.13 Å². The van der Waals surface area contributed by atoms with Gasteiger partial charge in [-0.25, -0.2) is 0 Å². The van der Waals surface area contributed by atoms with Crippen LogP contribution in [0.3, 0.4) is 0 Å². The average molecular weight is 284 g/mol. The highest BCUT2D eigenvalue weighted by molar-refractivity contribution is 7.15. The summed E-state index contributed by atoms with van der Waals surface area (Å²) in [6.45, 7) is 1.95. The van der Waals surface area contributed by atoms with Crippen LogP contribution < -0.4 is 5.32 Å². The SMILES string of the molecule is CCc1nnc(NC(=O)c2cc(Cl)ccc2O)s1. The van der Waals surface area contributed by atoms with Crippen molar-refractivity contribution in [3.05, 3.63) is 33.8 Å². The van der Waals surface area contributed by atoms with E-state index in [0.717, 1.165) is 11.4 Å². The maximum absolute atomic E-state index is 11.9. The van der Waals surface area contributed by atoms with Crippen LogP contribution in [0.15, 0.2) is 18.2 Å². The summed E-state index contributed by atoms with van der Waals surface area (Å²) >= 11 is 7.07. The van der Waals surface area contributed by atoms with Crippen LogP contribution in [0.5, 0.6) is 5.75 Å². The number of halogens is 1. The van der Waals surface area contributed by atoms with Crippen LogP contribution in [-0.4, -0.2) is 21.2 Å². The largest absolute Gasteiger partial charge is 0.507 e. The van der Waals surface area contributed by atoms with Crippen molar-refractivity contribution in [3.8, 4) is 5.75 Å². The molecule has 0 aliphatic rings. The van der Waals surface area contributed by atoms with Crippen LogP contribution in [-0.2, 0) is 6.42 Å². The third kappa shape index (κ3) is 2.77. The minimum absolute atomic E-state index is 0.107. The molecule has 2 rings (SSSR count). The van der Waals surface area contributed by atoms with E-state index in [9.17, 15) is 9.90 Å². The first-order valence-electron chi connectivity index (χ1n) is 5.22. The van der Waals surface area contributed by atoms with Crippen LogP contribution >= 0.6 is 22.9 Å². The van der Waals surface area contributed by atoms with Gasteiger partial charge in [0, 0.05) is 5.02 Å². The Morgan fingerprint density at radius 1 is 1.50 bits per heavy atom. The van der Waals surface area contributed by atoms with Crippen LogP contribution in [0.4, 0.5) is 5.13 Å². The molecule has 0 saturated carbocycles. The van der Waals surface area contributed by atoms with Crippen LogP contribution in [0.25, 0.3) is 0 Å². The van der Waals surface area contributed by atoms with Crippen molar-refractivity contribution in [2.45, 2.75) is 13.3 Å². The van der Waals surface area contributed by atoms with Gasteiger partial charge in [-0.1, -0.05) is 29.9 Å². The van der Waals surface area contributed by atoms with Crippen LogP contribution in [0.1, 0.15) is 22.3 Å². The lowest BCUT2D eigenvalue weighted by atomic mass is 10.2. The number of anilines is 1. The Bertz CT molecular complexity index is 585. The number of phenols is 1. The zero-order valence-corrected chi connectivity index (χ0v) is 11.0. The summed E-state index contributed by atoms with van der Waals surface area (Å²) in [5, 5.41) is 21.5. The molecule has 0 aliphatic carbocycles. The lowest BCUT2D eigenvalue weighted by Crippen LogP contribution is -2.11. The number of nitrogens with zero attached hydrogens (tertiary/aromatic N) is 2. The Labute approximate surface area is 112 Å². The van der Waals surface area contributed by atoms with Gasteiger partial charge in [-0.2, -0.15) is 0 Å². The monoisotopic (exact) mass is 283 g/mol. The van der Waals surface area contributed by atoms with E-state index in [1.165, 1.54) is 29.5 Å². The van der Waals surface area contributed by atoms with E-state index in [2.05, 4.69) is 15.5 Å². The molecule has 94 valence electrons. The molecule has 18 heavy (non-hydrogen) atoms. The second kappa shape index (κ2) is 5.32. The van der Waals surface area contributed by atoms with Crippen molar-refractivity contribution < 1.29 is 9.90 Å². The highest BCUT2D eigenvalue weighted by atomic mass is 35.5. The lowest BCUT2D eigenvalue weighted by molar-refractivity contribution is 0.102. The molecular formula is C11H10ClN3O2S. The standard InChI is InChI=1S/C11H10ClN3O2S/c1-2-9-14-15-11(18-9)13-10(17)7-5-6(12)3-4-8(7)16/h3-5,16H,2H2,1H3,(H,13,15,17). The van der Waals surface area contributed by atoms with E-state index < -0.39 is 5.91 Å². The Morgan fingerprint density at radius 2 is 2.28 bits per heavy atom. The number of carbonyl (C=O) groups is 1. The van der Waals surface area contributed by atoms with E-state index >= 15 is 0 Å². The third-order valence-corrected chi connectivity index (χ3v) is 3.41. The average Bonchev–Trinajstić information content (AvgIpc) is 2.80. The quantitative estimate of drug-likeness (QED) is 0.908. The second-order valence-corrected chi connectivity index (χ2v) is 4.97. The number of hydrogen-bond acceptors (Lipinski definition) is 5. The van der Waals surface area contributed by atoms with Crippen molar-refractivity contribution in [3.63, 3.8) is 0 Å². The Balaban J connectivity index is 2.19. The van der Waals surface area contributed by atoms with Gasteiger partial charge in [-0.15, -0.1) is 10.2 Å². The maximum Gasteiger partial charge on any atom is 0.261 e. The molecule has 0 aliphatic heterocycles. The lowest BCUT2D eigenvalue weighted by Gasteiger charge is -2.04. The van der Waals surface area contributed by atoms with Crippen LogP contribution in [0.2, 0.25) is 5.02 Å². The molecule has 0 spiro atoms. The van der Waals surface area contributed by atoms with Gasteiger partial charge in [-0.05, 0) is 24.6 Å². The van der Waals surface area contributed by atoms with E-state index in [0.29, 0.717) is 10.2 Å². The molecular weight excluding hydrogens is 274 g/mol. The molecule has 5 nitrogen and oxygen atoms in total. The molecule has 1 aromatic heterocycles. The Morgan fingerprint density at radius 3 is 2.94 bits per heavy atom. The summed E-state index contributed by atoms with van der Waals surface area (Å²) < 4.78 is 0. The fraction of sp³-hybridized carbons (Fsp3) is 0.182. The molecule has 2 N–H and O–H groups in total. The number of carbonyl (C=O) groups excluding carboxylic acids is 1. The minimum atomic E-state index is -0.464. The summed E-state index contributed by atoms with van der Waals surface area (Å²) in [7, 11) is 0. The van der Waals surface area contributed by atoms with E-state index in [4.69, 9.17) is 11.6 Å². The number of nitrogens with one attached hydrogen (secondary N) is 1. The molecule has 2 aromatic rings. The number of rotatable bonds is 3. The van der Waals surface area contributed by atoms with Gasteiger partial charge in [0.15, 0.2) is 0 Å². The first kappa shape index (κ1) is 12.8. The second-order valence-electron chi connectivity index (χ2n) is 3.47. The highest BCUT2D eigenvalue weighted by Crippen LogP contribution is 2.23. The van der Waals surface area contributed by atoms with Gasteiger partial charge in [-0.3, -0.25) is 10.1 Å². The molecule has 7 heteroatoms. The number of hydrogen-bond donors (Lipinski definition) is 2. The summed E-state index contributed by atoms with van der Waals surface area (Å²) in [6.07, 6.45) is 0.760. The van der Waals surface area contributed by atoms with Gasteiger partial charge in [0.25, 0.3) is 5.91 Å². The molecule has 0 bridgehead atoms. The fourth-order valence-electron chi connectivity index (χ4n) is 1.30. The van der Waals surface area contributed by atoms with E-state index in [-0.39, 0.29) is 11.3 Å². The fourth-order valence-corrected chi connectivity index (χ4v) is 2.15. The zero-order valence-electron chi connectivity index (χ0n) is 9.48.